The van der Waals surface area contributed by atoms with Gasteiger partial charge in [0.2, 0.25) is 11.8 Å². The van der Waals surface area contributed by atoms with Crippen LogP contribution < -0.4 is 15.1 Å². The number of carbonyl (C=O) groups is 3. The van der Waals surface area contributed by atoms with Gasteiger partial charge in [0, 0.05) is 81.6 Å². The average Bonchev–Trinajstić information content (AvgIpc) is 3.46. The molecule has 2 N–H and O–H groups in total. The third-order valence-electron chi connectivity index (χ3n) is 13.4. The van der Waals surface area contributed by atoms with Crippen molar-refractivity contribution in [2.24, 2.45) is 17.8 Å². The van der Waals surface area contributed by atoms with E-state index in [9.17, 15) is 19.5 Å². The molecule has 0 aromatic heterocycles. The number of benzene rings is 3. The summed E-state index contributed by atoms with van der Waals surface area (Å²) >= 11 is 0. The van der Waals surface area contributed by atoms with Crippen molar-refractivity contribution in [2.75, 3.05) is 55.6 Å². The van der Waals surface area contributed by atoms with E-state index in [1.54, 1.807) is 4.90 Å². The maximum Gasteiger partial charge on any atom is 0.255 e. The van der Waals surface area contributed by atoms with Crippen LogP contribution in [0, 0.1) is 17.8 Å². The summed E-state index contributed by atoms with van der Waals surface area (Å²) in [7, 11) is 0. The fourth-order valence-electron chi connectivity index (χ4n) is 10.2. The Bertz CT molecular complexity index is 1840. The predicted molar refractivity (Wildman–Crippen MR) is 202 cm³/mol. The van der Waals surface area contributed by atoms with Gasteiger partial charge >= 0.3 is 0 Å². The van der Waals surface area contributed by atoms with Crippen LogP contribution in [0.5, 0.6) is 5.75 Å². The Morgan fingerprint density at radius 1 is 0.712 bits per heavy atom. The Morgan fingerprint density at radius 2 is 1.46 bits per heavy atom. The minimum atomic E-state index is -0.580. The third kappa shape index (κ3) is 6.35. The number of piperidine rings is 2. The summed E-state index contributed by atoms with van der Waals surface area (Å²) in [6, 6.07) is 21.1. The van der Waals surface area contributed by atoms with Crippen molar-refractivity contribution < 1.29 is 19.5 Å². The Balaban J connectivity index is 0.768. The maximum atomic E-state index is 13.1. The van der Waals surface area contributed by atoms with Crippen LogP contribution in [0.2, 0.25) is 0 Å². The normalized spacial score (nSPS) is 25.9. The highest BCUT2D eigenvalue weighted by Gasteiger charge is 2.40. The summed E-state index contributed by atoms with van der Waals surface area (Å²) in [5, 5.41) is 12.6. The number of imide groups is 1. The molecule has 4 aliphatic heterocycles. The van der Waals surface area contributed by atoms with E-state index in [4.69, 9.17) is 0 Å². The largest absolute Gasteiger partial charge is 0.508 e. The molecule has 3 aromatic rings. The number of aryl methyl sites for hydroxylation is 1. The molecule has 9 nitrogen and oxygen atoms in total. The minimum absolute atomic E-state index is 0.116. The van der Waals surface area contributed by atoms with E-state index in [0.29, 0.717) is 42.0 Å². The number of phenols is 1. The molecule has 4 heterocycles. The highest BCUT2D eigenvalue weighted by Crippen LogP contribution is 2.50. The molecular weight excluding hydrogens is 651 g/mol. The summed E-state index contributed by atoms with van der Waals surface area (Å²) in [5.41, 5.74) is 8.31. The molecule has 9 rings (SSSR count). The molecule has 0 radical (unpaired) electrons. The summed E-state index contributed by atoms with van der Waals surface area (Å²) in [4.78, 5) is 46.5. The van der Waals surface area contributed by atoms with Gasteiger partial charge in [0.05, 0.1) is 0 Å². The molecule has 272 valence electrons. The molecule has 3 amide bonds. The standard InChI is InChI=1S/C43H51N5O4/c49-35-10-13-37-31(25-35)6-11-36(29-2-1-3-29)41(37)30-4-7-33(8-5-30)46-18-16-28(17-19-46)26-45-20-22-47(23-21-45)34-9-12-38-32(24-34)27-48(43(38)52)39-14-15-40(50)44-42(39)51/h4-5,7-10,12-13,24-25,28-29,36,39,41,49H,1-3,6,11,14-23,26-27H2,(H,44,50,51)/t36-,39-,41+/m0/s1. The third-order valence-corrected chi connectivity index (χ3v) is 13.4. The molecule has 0 unspecified atom stereocenters. The van der Waals surface area contributed by atoms with Crippen molar-refractivity contribution in [1.82, 2.24) is 15.1 Å². The van der Waals surface area contributed by atoms with Crippen molar-refractivity contribution in [2.45, 2.75) is 76.3 Å². The van der Waals surface area contributed by atoms with Gasteiger partial charge in [-0.15, -0.1) is 0 Å². The first-order valence-corrected chi connectivity index (χ1v) is 19.8. The number of hydrogen-bond donors (Lipinski definition) is 2. The number of amides is 3. The number of aromatic hydroxyl groups is 1. The number of phenolic OH excluding ortho intramolecular Hbond substituents is 1. The van der Waals surface area contributed by atoms with Gasteiger partial charge in [-0.25, -0.2) is 0 Å². The van der Waals surface area contributed by atoms with Gasteiger partial charge in [0.1, 0.15) is 11.8 Å². The molecule has 1 saturated carbocycles. The summed E-state index contributed by atoms with van der Waals surface area (Å²) in [6.45, 7) is 7.76. The lowest BCUT2D eigenvalue weighted by molar-refractivity contribution is -0.136. The van der Waals surface area contributed by atoms with Crippen LogP contribution in [0.4, 0.5) is 11.4 Å². The molecule has 0 bridgehead atoms. The second-order valence-corrected chi connectivity index (χ2v) is 16.3. The lowest BCUT2D eigenvalue weighted by Crippen LogP contribution is -2.52. The van der Waals surface area contributed by atoms with Crippen molar-refractivity contribution in [3.63, 3.8) is 0 Å². The molecule has 4 fully saturated rings. The number of fused-ring (bicyclic) bond motifs is 2. The molecule has 3 saturated heterocycles. The summed E-state index contributed by atoms with van der Waals surface area (Å²) in [5.74, 6) is 2.32. The van der Waals surface area contributed by atoms with E-state index in [-0.39, 0.29) is 24.1 Å². The molecule has 0 spiro atoms. The fourth-order valence-corrected chi connectivity index (χ4v) is 10.2. The molecule has 6 aliphatic rings. The lowest BCUT2D eigenvalue weighted by atomic mass is 9.62. The van der Waals surface area contributed by atoms with Gasteiger partial charge in [-0.1, -0.05) is 37.5 Å². The number of piperazine rings is 1. The van der Waals surface area contributed by atoms with Gasteiger partial charge < -0.3 is 19.8 Å². The number of anilines is 2. The quantitative estimate of drug-likeness (QED) is 0.306. The second-order valence-electron chi connectivity index (χ2n) is 16.3. The van der Waals surface area contributed by atoms with Gasteiger partial charge in [-0.05, 0) is 115 Å². The Hall–Kier alpha value is -4.37. The van der Waals surface area contributed by atoms with Crippen LogP contribution in [0.25, 0.3) is 0 Å². The van der Waals surface area contributed by atoms with Gasteiger partial charge in [-0.2, -0.15) is 0 Å². The zero-order valence-electron chi connectivity index (χ0n) is 30.1. The highest BCUT2D eigenvalue weighted by molar-refractivity contribution is 6.05. The predicted octanol–water partition coefficient (Wildman–Crippen LogP) is 5.69. The SMILES string of the molecule is O=C1CC[C@H](N2Cc3cc(N4CCN(CC5CCN(c6ccc([C@H]7c8ccc(O)cc8CC[C@H]7C7CCC7)cc6)CC5)CC4)ccc3C2=O)C(=O)N1. The number of nitrogens with zero attached hydrogens (tertiary/aromatic N) is 4. The average molecular weight is 702 g/mol. The molecule has 3 atom stereocenters. The van der Waals surface area contributed by atoms with Crippen molar-refractivity contribution in [1.29, 1.82) is 0 Å². The molecule has 52 heavy (non-hydrogen) atoms. The van der Waals surface area contributed by atoms with Gasteiger partial charge in [-0.3, -0.25) is 24.6 Å². The van der Waals surface area contributed by atoms with Crippen LogP contribution >= 0.6 is 0 Å². The van der Waals surface area contributed by atoms with Crippen LogP contribution in [-0.2, 0) is 22.6 Å². The summed E-state index contributed by atoms with van der Waals surface area (Å²) < 4.78 is 0. The Labute approximate surface area is 307 Å². The van der Waals surface area contributed by atoms with Gasteiger partial charge in [0.25, 0.3) is 5.91 Å². The van der Waals surface area contributed by atoms with E-state index in [0.717, 1.165) is 69.4 Å². The van der Waals surface area contributed by atoms with E-state index in [1.165, 1.54) is 60.9 Å². The molecule has 9 heteroatoms. The smallest absolute Gasteiger partial charge is 0.255 e. The zero-order valence-corrected chi connectivity index (χ0v) is 30.1. The Kier molecular flexibility index (Phi) is 8.93. The zero-order chi connectivity index (χ0) is 35.3. The monoisotopic (exact) mass is 701 g/mol. The van der Waals surface area contributed by atoms with Crippen LogP contribution in [-0.4, -0.2) is 84.5 Å². The maximum absolute atomic E-state index is 13.1. The van der Waals surface area contributed by atoms with Crippen molar-refractivity contribution in [3.8, 4) is 5.75 Å². The number of carbonyl (C=O) groups excluding carboxylic acids is 3. The van der Waals surface area contributed by atoms with E-state index in [1.807, 2.05) is 18.2 Å². The van der Waals surface area contributed by atoms with E-state index < -0.39 is 6.04 Å². The number of hydrogen-bond acceptors (Lipinski definition) is 7. The minimum Gasteiger partial charge on any atom is -0.508 e. The fraction of sp³-hybridized carbons (Fsp3) is 0.512. The first-order chi connectivity index (χ1) is 25.4. The number of rotatable bonds is 7. The Morgan fingerprint density at radius 3 is 2.19 bits per heavy atom. The highest BCUT2D eigenvalue weighted by atomic mass is 16.3. The molecular formula is C43H51N5O4. The second kappa shape index (κ2) is 13.9. The van der Waals surface area contributed by atoms with Crippen LogP contribution in [0.1, 0.15) is 89.9 Å². The van der Waals surface area contributed by atoms with Crippen molar-refractivity contribution >= 4 is 29.1 Å². The van der Waals surface area contributed by atoms with E-state index in [2.05, 4.69) is 62.5 Å². The molecule has 2 aliphatic carbocycles. The first kappa shape index (κ1) is 33.5. The van der Waals surface area contributed by atoms with Gasteiger partial charge in [0.15, 0.2) is 0 Å². The van der Waals surface area contributed by atoms with Crippen LogP contribution in [0.3, 0.4) is 0 Å². The molecule has 3 aromatic carbocycles. The lowest BCUT2D eigenvalue weighted by Gasteiger charge is -2.43. The van der Waals surface area contributed by atoms with Crippen molar-refractivity contribution in [3.05, 3.63) is 88.5 Å². The number of nitrogens with one attached hydrogen (secondary N) is 1. The van der Waals surface area contributed by atoms with E-state index >= 15 is 0 Å². The topological polar surface area (TPSA) is 96.4 Å². The van der Waals surface area contributed by atoms with Crippen LogP contribution in [0.15, 0.2) is 60.7 Å². The first-order valence-electron chi connectivity index (χ1n) is 19.8. The summed E-state index contributed by atoms with van der Waals surface area (Å²) in [6.07, 6.45) is 9.49.